The maximum Gasteiger partial charge on any atom is 0.297 e. The number of hydrogen-bond acceptors (Lipinski definition) is 5. The second-order valence-corrected chi connectivity index (χ2v) is 3.26. The lowest BCUT2D eigenvalue weighted by Crippen LogP contribution is -2.07. The molecule has 0 fully saturated rings. The topological polar surface area (TPSA) is 69.7 Å². The molecule has 0 bridgehead atoms. The SMILES string of the molecule is O=COCC#CCOS(=O)(=O)CF. The van der Waals surface area contributed by atoms with Gasteiger partial charge in [0.15, 0.2) is 6.61 Å². The Morgan fingerprint density at radius 1 is 1.31 bits per heavy atom. The van der Waals surface area contributed by atoms with Gasteiger partial charge in [-0.05, 0) is 0 Å². The van der Waals surface area contributed by atoms with Crippen molar-refractivity contribution in [3.63, 3.8) is 0 Å². The molecular formula is C6H7FO5S. The molecule has 0 amide bonds. The normalized spacial score (nSPS) is 9.92. The molecule has 0 N–H and O–H groups in total. The zero-order valence-electron chi connectivity index (χ0n) is 6.53. The molecule has 0 aromatic carbocycles. The number of hydrogen-bond donors (Lipinski definition) is 0. The first-order chi connectivity index (χ1) is 6.12. The molecule has 0 rings (SSSR count). The molecule has 0 aromatic heterocycles. The third-order valence-corrected chi connectivity index (χ3v) is 1.54. The average Bonchev–Trinajstić information content (AvgIpc) is 2.11. The monoisotopic (exact) mass is 210 g/mol. The van der Waals surface area contributed by atoms with Gasteiger partial charge in [-0.2, -0.15) is 8.42 Å². The lowest BCUT2D eigenvalue weighted by atomic mass is 10.6. The second-order valence-electron chi connectivity index (χ2n) is 1.69. The Morgan fingerprint density at radius 2 is 1.92 bits per heavy atom. The van der Waals surface area contributed by atoms with Crippen LogP contribution in [-0.2, 0) is 23.8 Å². The van der Waals surface area contributed by atoms with Crippen LogP contribution in [0.4, 0.5) is 4.39 Å². The number of alkyl halides is 1. The molecule has 5 nitrogen and oxygen atoms in total. The van der Waals surface area contributed by atoms with Gasteiger partial charge in [-0.25, -0.2) is 4.39 Å². The smallest absolute Gasteiger partial charge is 0.297 e. The van der Waals surface area contributed by atoms with Gasteiger partial charge in [-0.1, -0.05) is 11.8 Å². The minimum Gasteiger partial charge on any atom is -0.455 e. The number of ether oxygens (including phenoxy) is 1. The van der Waals surface area contributed by atoms with E-state index in [1.165, 1.54) is 0 Å². The molecule has 0 heterocycles. The zero-order valence-corrected chi connectivity index (χ0v) is 7.34. The third-order valence-electron chi connectivity index (χ3n) is 0.793. The van der Waals surface area contributed by atoms with Crippen molar-refractivity contribution in [2.75, 3.05) is 19.2 Å². The molecule has 0 aliphatic carbocycles. The first kappa shape index (κ1) is 11.9. The highest BCUT2D eigenvalue weighted by atomic mass is 32.2. The highest BCUT2D eigenvalue weighted by molar-refractivity contribution is 7.86. The van der Waals surface area contributed by atoms with Crippen molar-refractivity contribution in [1.82, 2.24) is 0 Å². The van der Waals surface area contributed by atoms with Crippen molar-refractivity contribution in [1.29, 1.82) is 0 Å². The number of carbonyl (C=O) groups excluding carboxylic acids is 1. The Kier molecular flexibility index (Phi) is 5.84. The van der Waals surface area contributed by atoms with Gasteiger partial charge >= 0.3 is 0 Å². The summed E-state index contributed by atoms with van der Waals surface area (Å²) in [6, 6.07) is -1.58. The van der Waals surface area contributed by atoms with Crippen LogP contribution in [0.5, 0.6) is 0 Å². The Labute approximate surface area is 75.0 Å². The lowest BCUT2D eigenvalue weighted by molar-refractivity contribution is -0.127. The van der Waals surface area contributed by atoms with Crippen LogP contribution in [0.1, 0.15) is 0 Å². The van der Waals surface area contributed by atoms with Crippen LogP contribution in [0.2, 0.25) is 0 Å². The summed E-state index contributed by atoms with van der Waals surface area (Å²) >= 11 is 0. The van der Waals surface area contributed by atoms with E-state index in [4.69, 9.17) is 0 Å². The van der Waals surface area contributed by atoms with Gasteiger partial charge in [0.05, 0.1) is 0 Å². The molecule has 0 aromatic rings. The van der Waals surface area contributed by atoms with Crippen molar-refractivity contribution in [3.8, 4) is 11.8 Å². The van der Waals surface area contributed by atoms with Crippen molar-refractivity contribution in [2.45, 2.75) is 0 Å². The molecule has 0 radical (unpaired) electrons. The average molecular weight is 210 g/mol. The molecule has 0 unspecified atom stereocenters. The van der Waals surface area contributed by atoms with Crippen molar-refractivity contribution in [2.24, 2.45) is 0 Å². The second kappa shape index (κ2) is 6.39. The van der Waals surface area contributed by atoms with Gasteiger partial charge in [0, 0.05) is 0 Å². The van der Waals surface area contributed by atoms with Gasteiger partial charge in [0.1, 0.15) is 6.61 Å². The minimum absolute atomic E-state index is 0.150. The fraction of sp³-hybridized carbons (Fsp3) is 0.500. The predicted octanol–water partition coefficient (Wildman–Crippen LogP) is -0.564. The van der Waals surface area contributed by atoms with E-state index in [2.05, 4.69) is 20.8 Å². The Balaban J connectivity index is 3.65. The summed E-state index contributed by atoms with van der Waals surface area (Å²) in [5.41, 5.74) is 0. The van der Waals surface area contributed by atoms with Gasteiger partial charge < -0.3 is 4.74 Å². The summed E-state index contributed by atoms with van der Waals surface area (Å²) in [7, 11) is -4.09. The Bertz CT molecular complexity index is 299. The summed E-state index contributed by atoms with van der Waals surface area (Å²) < 4.78 is 40.4. The van der Waals surface area contributed by atoms with Gasteiger partial charge in [-0.3, -0.25) is 8.98 Å². The van der Waals surface area contributed by atoms with E-state index < -0.39 is 22.7 Å². The van der Waals surface area contributed by atoms with Crippen LogP contribution in [0, 0.1) is 11.8 Å². The molecule has 0 atom stereocenters. The molecule has 0 saturated carbocycles. The first-order valence-electron chi connectivity index (χ1n) is 3.06. The minimum atomic E-state index is -4.09. The number of rotatable bonds is 5. The first-order valence-corrected chi connectivity index (χ1v) is 4.64. The molecule has 74 valence electrons. The summed E-state index contributed by atoms with van der Waals surface area (Å²) in [4.78, 5) is 9.58. The molecule has 0 spiro atoms. The van der Waals surface area contributed by atoms with E-state index in [-0.39, 0.29) is 13.1 Å². The molecule has 0 aliphatic rings. The standard InChI is InChI=1S/C6H7FO5S/c7-5-13(9,10)12-4-2-1-3-11-6-8/h6H,3-5H2. The van der Waals surface area contributed by atoms with Crippen LogP contribution < -0.4 is 0 Å². The van der Waals surface area contributed by atoms with E-state index in [0.717, 1.165) is 0 Å². The maximum atomic E-state index is 11.6. The fourth-order valence-electron chi connectivity index (χ4n) is 0.328. The summed E-state index contributed by atoms with van der Waals surface area (Å²) in [5.74, 6) is 4.48. The van der Waals surface area contributed by atoms with E-state index in [0.29, 0.717) is 0 Å². The van der Waals surface area contributed by atoms with Crippen LogP contribution in [0.25, 0.3) is 0 Å². The molecule has 0 saturated heterocycles. The third kappa shape index (κ3) is 7.24. The van der Waals surface area contributed by atoms with Crippen LogP contribution in [0.3, 0.4) is 0 Å². The largest absolute Gasteiger partial charge is 0.455 e. The van der Waals surface area contributed by atoms with Gasteiger partial charge in [0.2, 0.25) is 6.01 Å². The van der Waals surface area contributed by atoms with Crippen molar-refractivity contribution < 1.29 is 26.5 Å². The van der Waals surface area contributed by atoms with Crippen LogP contribution >= 0.6 is 0 Å². The molecular weight excluding hydrogens is 203 g/mol. The van der Waals surface area contributed by atoms with E-state index in [9.17, 15) is 17.6 Å². The van der Waals surface area contributed by atoms with Gasteiger partial charge in [-0.15, -0.1) is 0 Å². The van der Waals surface area contributed by atoms with Crippen LogP contribution in [-0.4, -0.2) is 34.1 Å². The molecule has 0 aliphatic heterocycles. The lowest BCUT2D eigenvalue weighted by Gasteiger charge is -1.94. The van der Waals surface area contributed by atoms with Gasteiger partial charge in [0.25, 0.3) is 16.6 Å². The summed E-state index contributed by atoms with van der Waals surface area (Å²) in [6.07, 6.45) is 0. The molecule has 13 heavy (non-hydrogen) atoms. The van der Waals surface area contributed by atoms with Crippen molar-refractivity contribution in [3.05, 3.63) is 0 Å². The molecule has 7 heteroatoms. The highest BCUT2D eigenvalue weighted by Crippen LogP contribution is 1.91. The Hall–Kier alpha value is -1.13. The van der Waals surface area contributed by atoms with Crippen molar-refractivity contribution >= 4 is 16.6 Å². The summed E-state index contributed by atoms with van der Waals surface area (Å²) in [6.45, 7) is -0.398. The summed E-state index contributed by atoms with van der Waals surface area (Å²) in [5, 5.41) is 0. The van der Waals surface area contributed by atoms with Crippen LogP contribution in [0.15, 0.2) is 0 Å². The zero-order chi connectivity index (χ0) is 10.2. The number of carbonyl (C=O) groups is 1. The van der Waals surface area contributed by atoms with E-state index in [1.54, 1.807) is 0 Å². The van der Waals surface area contributed by atoms with E-state index >= 15 is 0 Å². The quantitative estimate of drug-likeness (QED) is 0.263. The Morgan fingerprint density at radius 3 is 2.46 bits per heavy atom. The predicted molar refractivity (Wildman–Crippen MR) is 40.6 cm³/mol. The number of halogens is 1. The fourth-order valence-corrected chi connectivity index (χ4v) is 0.630. The van der Waals surface area contributed by atoms with E-state index in [1.807, 2.05) is 0 Å². The maximum absolute atomic E-state index is 11.6. The highest BCUT2D eigenvalue weighted by Gasteiger charge is 2.07.